The maximum Gasteiger partial charge on any atom is 0.135 e. The first kappa shape index (κ1) is 12.2. The lowest BCUT2D eigenvalue weighted by atomic mass is 10.3. The third kappa shape index (κ3) is 3.35. The molecule has 17 heavy (non-hydrogen) atoms. The number of anilines is 2. The van der Waals surface area contributed by atoms with E-state index in [1.54, 1.807) is 17.8 Å². The van der Waals surface area contributed by atoms with E-state index in [9.17, 15) is 0 Å². The van der Waals surface area contributed by atoms with E-state index in [4.69, 9.17) is 11.6 Å². The van der Waals surface area contributed by atoms with Crippen LogP contribution in [0.4, 0.5) is 11.5 Å². The van der Waals surface area contributed by atoms with Crippen molar-refractivity contribution in [2.45, 2.75) is 11.8 Å². The van der Waals surface area contributed by atoms with E-state index >= 15 is 0 Å². The maximum absolute atomic E-state index is 5.88. The van der Waals surface area contributed by atoms with E-state index in [1.165, 1.54) is 4.90 Å². The number of thioether (sulfide) groups is 1. The Morgan fingerprint density at radius 1 is 1.24 bits per heavy atom. The highest BCUT2D eigenvalue weighted by Gasteiger charge is 2.01. The number of hydrogen-bond acceptors (Lipinski definition) is 4. The summed E-state index contributed by atoms with van der Waals surface area (Å²) in [4.78, 5) is 9.49. The molecule has 0 fully saturated rings. The summed E-state index contributed by atoms with van der Waals surface area (Å²) in [5.41, 5.74) is 0.992. The van der Waals surface area contributed by atoms with E-state index in [0.29, 0.717) is 16.8 Å². The Kier molecular flexibility index (Phi) is 3.86. The Morgan fingerprint density at radius 3 is 2.76 bits per heavy atom. The minimum atomic E-state index is 0.445. The Labute approximate surface area is 110 Å². The van der Waals surface area contributed by atoms with Crippen LogP contribution >= 0.6 is 23.4 Å². The topological polar surface area (TPSA) is 37.8 Å². The van der Waals surface area contributed by atoms with E-state index in [2.05, 4.69) is 27.4 Å². The number of halogens is 1. The van der Waals surface area contributed by atoms with Crippen LogP contribution in [0.3, 0.4) is 0 Å². The monoisotopic (exact) mass is 265 g/mol. The summed E-state index contributed by atoms with van der Waals surface area (Å²) in [6.07, 6.45) is 2.05. The molecule has 2 aromatic rings. The standard InChI is InChI=1S/C12H12ClN3S/c1-8-14-11(13)7-12(15-8)16-9-4-3-5-10(6-9)17-2/h3-7H,1-2H3,(H,14,15,16). The molecule has 0 atom stereocenters. The molecule has 1 aromatic heterocycles. The molecule has 3 nitrogen and oxygen atoms in total. The summed E-state index contributed by atoms with van der Waals surface area (Å²) in [7, 11) is 0. The molecule has 0 bridgehead atoms. The van der Waals surface area contributed by atoms with Crippen molar-refractivity contribution in [3.05, 3.63) is 41.3 Å². The second-order valence-electron chi connectivity index (χ2n) is 3.48. The van der Waals surface area contributed by atoms with Crippen molar-refractivity contribution in [1.82, 2.24) is 9.97 Å². The summed E-state index contributed by atoms with van der Waals surface area (Å²) in [6.45, 7) is 1.81. The van der Waals surface area contributed by atoms with Gasteiger partial charge in [0.25, 0.3) is 0 Å². The number of hydrogen-bond donors (Lipinski definition) is 1. The molecule has 0 amide bonds. The van der Waals surface area contributed by atoms with Gasteiger partial charge in [0.1, 0.15) is 16.8 Å². The first-order valence-corrected chi connectivity index (χ1v) is 6.70. The van der Waals surface area contributed by atoms with Crippen LogP contribution in [0.25, 0.3) is 0 Å². The minimum absolute atomic E-state index is 0.445. The van der Waals surface area contributed by atoms with Gasteiger partial charge in [-0.15, -0.1) is 11.8 Å². The van der Waals surface area contributed by atoms with Crippen molar-refractivity contribution in [3.63, 3.8) is 0 Å². The smallest absolute Gasteiger partial charge is 0.135 e. The third-order valence-corrected chi connectivity index (χ3v) is 3.07. The van der Waals surface area contributed by atoms with E-state index in [1.807, 2.05) is 25.3 Å². The number of aromatic nitrogens is 2. The van der Waals surface area contributed by atoms with Crippen LogP contribution < -0.4 is 5.32 Å². The van der Waals surface area contributed by atoms with Gasteiger partial charge >= 0.3 is 0 Å². The Balaban J connectivity index is 2.24. The fourth-order valence-corrected chi connectivity index (χ4v) is 2.13. The number of aryl methyl sites for hydroxylation is 1. The highest BCUT2D eigenvalue weighted by Crippen LogP contribution is 2.22. The molecule has 1 N–H and O–H groups in total. The lowest BCUT2D eigenvalue weighted by Crippen LogP contribution is -1.97. The molecule has 0 aliphatic rings. The average molecular weight is 266 g/mol. The predicted molar refractivity (Wildman–Crippen MR) is 73.3 cm³/mol. The molecule has 1 heterocycles. The first-order chi connectivity index (χ1) is 8.17. The van der Waals surface area contributed by atoms with Crippen molar-refractivity contribution < 1.29 is 0 Å². The van der Waals surface area contributed by atoms with Crippen LogP contribution in [0, 0.1) is 6.92 Å². The van der Waals surface area contributed by atoms with Crippen LogP contribution in [0.1, 0.15) is 5.82 Å². The molecular weight excluding hydrogens is 254 g/mol. The maximum atomic E-state index is 5.88. The van der Waals surface area contributed by atoms with Crippen molar-refractivity contribution >= 4 is 34.9 Å². The van der Waals surface area contributed by atoms with Crippen LogP contribution in [-0.2, 0) is 0 Å². The van der Waals surface area contributed by atoms with Crippen molar-refractivity contribution in [2.24, 2.45) is 0 Å². The quantitative estimate of drug-likeness (QED) is 0.675. The van der Waals surface area contributed by atoms with Gasteiger partial charge < -0.3 is 5.32 Å². The molecule has 88 valence electrons. The largest absolute Gasteiger partial charge is 0.340 e. The fraction of sp³-hybridized carbons (Fsp3) is 0.167. The summed E-state index contributed by atoms with van der Waals surface area (Å²) < 4.78 is 0. The predicted octanol–water partition coefficient (Wildman–Crippen LogP) is 3.90. The Bertz CT molecular complexity index is 511. The van der Waals surface area contributed by atoms with Crippen molar-refractivity contribution in [3.8, 4) is 0 Å². The minimum Gasteiger partial charge on any atom is -0.340 e. The highest BCUT2D eigenvalue weighted by atomic mass is 35.5. The van der Waals surface area contributed by atoms with E-state index in [0.717, 1.165) is 5.69 Å². The number of rotatable bonds is 3. The molecule has 0 spiro atoms. The van der Waals surface area contributed by atoms with Crippen LogP contribution in [0.5, 0.6) is 0 Å². The number of nitrogens with zero attached hydrogens (tertiary/aromatic N) is 2. The molecule has 2 rings (SSSR count). The summed E-state index contributed by atoms with van der Waals surface area (Å²) in [5.74, 6) is 1.36. The van der Waals surface area contributed by atoms with Gasteiger partial charge in [-0.2, -0.15) is 0 Å². The average Bonchev–Trinajstić information content (AvgIpc) is 2.28. The summed E-state index contributed by atoms with van der Waals surface area (Å²) in [5, 5.41) is 3.66. The van der Waals surface area contributed by atoms with Crippen molar-refractivity contribution in [2.75, 3.05) is 11.6 Å². The first-order valence-electron chi connectivity index (χ1n) is 5.09. The van der Waals surface area contributed by atoms with E-state index in [-0.39, 0.29) is 0 Å². The van der Waals surface area contributed by atoms with Crippen molar-refractivity contribution in [1.29, 1.82) is 0 Å². The lowest BCUT2D eigenvalue weighted by Gasteiger charge is -2.07. The molecule has 5 heteroatoms. The zero-order chi connectivity index (χ0) is 12.3. The van der Waals surface area contributed by atoms with Gasteiger partial charge in [0.15, 0.2) is 0 Å². The zero-order valence-corrected chi connectivity index (χ0v) is 11.1. The van der Waals surface area contributed by atoms with Crippen LogP contribution in [-0.4, -0.2) is 16.2 Å². The highest BCUT2D eigenvalue weighted by molar-refractivity contribution is 7.98. The van der Waals surface area contributed by atoms with Gasteiger partial charge in [-0.05, 0) is 31.4 Å². The summed E-state index contributed by atoms with van der Waals surface area (Å²) >= 11 is 7.58. The SMILES string of the molecule is CSc1cccc(Nc2cc(Cl)nc(C)n2)c1. The second kappa shape index (κ2) is 5.38. The van der Waals surface area contributed by atoms with Crippen LogP contribution in [0.15, 0.2) is 35.2 Å². The van der Waals surface area contributed by atoms with Gasteiger partial charge in [-0.25, -0.2) is 9.97 Å². The van der Waals surface area contributed by atoms with Gasteiger partial charge in [-0.1, -0.05) is 17.7 Å². The van der Waals surface area contributed by atoms with Gasteiger partial charge in [-0.3, -0.25) is 0 Å². The number of benzene rings is 1. The van der Waals surface area contributed by atoms with E-state index < -0.39 is 0 Å². The molecule has 0 unspecified atom stereocenters. The molecule has 0 radical (unpaired) electrons. The fourth-order valence-electron chi connectivity index (χ4n) is 1.44. The third-order valence-electron chi connectivity index (χ3n) is 2.15. The molecule has 0 saturated carbocycles. The summed E-state index contributed by atoms with van der Waals surface area (Å²) in [6, 6.07) is 9.83. The Morgan fingerprint density at radius 2 is 2.06 bits per heavy atom. The van der Waals surface area contributed by atoms with Gasteiger partial charge in [0.05, 0.1) is 0 Å². The molecule has 0 aliphatic carbocycles. The van der Waals surface area contributed by atoms with Gasteiger partial charge in [0.2, 0.25) is 0 Å². The lowest BCUT2D eigenvalue weighted by molar-refractivity contribution is 1.06. The normalized spacial score (nSPS) is 10.3. The molecular formula is C12H12ClN3S. The Hall–Kier alpha value is -1.26. The van der Waals surface area contributed by atoms with Gasteiger partial charge in [0, 0.05) is 16.6 Å². The molecule has 0 aliphatic heterocycles. The van der Waals surface area contributed by atoms with Crippen LogP contribution in [0.2, 0.25) is 5.15 Å². The number of nitrogens with one attached hydrogen (secondary N) is 1. The zero-order valence-electron chi connectivity index (χ0n) is 9.57. The molecule has 1 aromatic carbocycles. The molecule has 0 saturated heterocycles. The second-order valence-corrected chi connectivity index (χ2v) is 4.75.